The molecule has 0 radical (unpaired) electrons. The van der Waals surface area contributed by atoms with Gasteiger partial charge in [0.1, 0.15) is 24.0 Å². The SMILES string of the molecule is CC(C)(C)c1cc(Oc2ccc3c4ccccc4n(-c4cc(C(C)(C)C)ccn4)c3c2)cc(N2Cn3c4c(-c5cc(C(C)(C)C)cc([Si](c6ccccc6)(c6ccccc6)c6ccccc6)c5)cccc4c4ccccc4c4ccccc4c4cccc2c43)c1. The average Bonchev–Trinajstić information content (AvgIpc) is 1.00. The second-order valence-corrected chi connectivity index (χ2v) is 31.4. The van der Waals surface area contributed by atoms with E-state index in [9.17, 15) is 0 Å². The molecule has 90 heavy (non-hydrogen) atoms. The Bertz CT molecular complexity index is 5100. The normalized spacial score (nSPS) is 12.9. The van der Waals surface area contributed by atoms with Crippen molar-refractivity contribution >= 4 is 105 Å². The second-order valence-electron chi connectivity index (χ2n) is 27.6. The number of hydrogen-bond donors (Lipinski definition) is 0. The number of pyridine rings is 1. The van der Waals surface area contributed by atoms with Crippen molar-refractivity contribution in [3.8, 4) is 28.4 Å². The number of para-hydroxylation sites is 3. The summed E-state index contributed by atoms with van der Waals surface area (Å²) in [6.45, 7) is 21.3. The summed E-state index contributed by atoms with van der Waals surface area (Å²) in [6, 6.07) is 100. The van der Waals surface area contributed by atoms with Crippen molar-refractivity contribution in [1.82, 2.24) is 14.1 Å². The van der Waals surface area contributed by atoms with Gasteiger partial charge in [-0.05, 0) is 129 Å². The lowest BCUT2D eigenvalue weighted by Crippen LogP contribution is -2.74. The van der Waals surface area contributed by atoms with Crippen molar-refractivity contribution in [2.24, 2.45) is 0 Å². The second kappa shape index (κ2) is 21.6. The predicted octanol–water partition coefficient (Wildman–Crippen LogP) is 19.6. The molecule has 11 aromatic carbocycles. The van der Waals surface area contributed by atoms with Crippen molar-refractivity contribution in [2.75, 3.05) is 4.90 Å². The summed E-state index contributed by atoms with van der Waals surface area (Å²) in [6.07, 6.45) is 1.94. The van der Waals surface area contributed by atoms with Gasteiger partial charge in [-0.15, -0.1) is 0 Å². The van der Waals surface area contributed by atoms with Gasteiger partial charge < -0.3 is 14.2 Å². The zero-order valence-electron chi connectivity index (χ0n) is 52.9. The highest BCUT2D eigenvalue weighted by atomic mass is 28.3. The van der Waals surface area contributed by atoms with Crippen molar-refractivity contribution in [3.05, 3.63) is 290 Å². The van der Waals surface area contributed by atoms with E-state index in [4.69, 9.17) is 9.72 Å². The third-order valence-electron chi connectivity index (χ3n) is 18.8. The first-order valence-corrected chi connectivity index (χ1v) is 33.7. The minimum atomic E-state index is -3.01. The van der Waals surface area contributed by atoms with Crippen LogP contribution in [0, 0.1) is 0 Å². The van der Waals surface area contributed by atoms with E-state index in [1.54, 1.807) is 0 Å². The fraction of sp³-hybridized carbons (Fsp3) is 0.155. The highest BCUT2D eigenvalue weighted by molar-refractivity contribution is 7.20. The standard InChI is InChI=1S/C84H74N4OSi/c1-82(2,3)57-45-46-85-79(52-57)88-76-41-24-23-37-72(76)73-44-43-61(54-78(73)88)89-62-50-59(84(7,8)9)49-60(53-62)86-55-87-80-67(38-25-39-74(80)70-35-21-19-33-68(70)69-34-20-22-36-71(69)75-40-26-42-77(86)81(75)87)56-47-58(83(4,5)6)51-66(48-56)90(63-27-13-10-14-28-63,64-29-15-11-16-30-64)65-31-17-12-18-32-65/h10-54H,55H2,1-9H3. The lowest BCUT2D eigenvalue weighted by molar-refractivity contribution is 0.479. The largest absolute Gasteiger partial charge is 0.457 e. The molecule has 5 nitrogen and oxygen atoms in total. The fourth-order valence-electron chi connectivity index (χ4n) is 14.3. The van der Waals surface area contributed by atoms with Crippen LogP contribution in [0.25, 0.3) is 82.1 Å². The smallest absolute Gasteiger partial charge is 0.179 e. The van der Waals surface area contributed by atoms with E-state index in [2.05, 4.69) is 343 Å². The molecule has 0 saturated heterocycles. The zero-order chi connectivity index (χ0) is 61.7. The van der Waals surface area contributed by atoms with Gasteiger partial charge in [0.25, 0.3) is 0 Å². The van der Waals surface area contributed by atoms with Crippen molar-refractivity contribution in [2.45, 2.75) is 85.2 Å². The lowest BCUT2D eigenvalue weighted by Gasteiger charge is -2.36. The van der Waals surface area contributed by atoms with Gasteiger partial charge in [-0.3, -0.25) is 4.57 Å². The quantitative estimate of drug-likeness (QED) is 0.107. The Balaban J connectivity index is 0.981. The van der Waals surface area contributed by atoms with E-state index in [0.29, 0.717) is 6.67 Å². The number of ether oxygens (including phenoxy) is 1. The number of anilines is 2. The molecule has 0 N–H and O–H groups in total. The highest BCUT2D eigenvalue weighted by Gasteiger charge is 2.42. The summed E-state index contributed by atoms with van der Waals surface area (Å²) < 4.78 is 12.2. The third kappa shape index (κ3) is 9.55. The maximum atomic E-state index is 7.24. The van der Waals surface area contributed by atoms with Gasteiger partial charge in [-0.25, -0.2) is 4.98 Å². The lowest BCUT2D eigenvalue weighted by atomic mass is 9.85. The fourth-order valence-corrected chi connectivity index (χ4v) is 19.1. The highest BCUT2D eigenvalue weighted by Crippen LogP contribution is 2.47. The van der Waals surface area contributed by atoms with Gasteiger partial charge in [-0.1, -0.05) is 269 Å². The molecule has 3 aromatic heterocycles. The van der Waals surface area contributed by atoms with Crippen LogP contribution in [0.2, 0.25) is 0 Å². The molecular formula is C84H74N4OSi. The van der Waals surface area contributed by atoms with Gasteiger partial charge in [0.15, 0.2) is 8.07 Å². The molecule has 6 heteroatoms. The molecule has 14 aromatic rings. The summed E-state index contributed by atoms with van der Waals surface area (Å²) in [5.74, 6) is 2.42. The van der Waals surface area contributed by atoms with E-state index in [1.807, 2.05) is 6.20 Å². The summed E-state index contributed by atoms with van der Waals surface area (Å²) in [5, 5.41) is 14.9. The van der Waals surface area contributed by atoms with E-state index in [0.717, 1.165) is 45.1 Å². The van der Waals surface area contributed by atoms with Gasteiger partial charge in [0, 0.05) is 51.1 Å². The summed E-state index contributed by atoms with van der Waals surface area (Å²) >= 11 is 0. The first-order chi connectivity index (χ1) is 43.5. The summed E-state index contributed by atoms with van der Waals surface area (Å²) in [5.41, 5.74) is 12.3. The minimum absolute atomic E-state index is 0.0441. The maximum absolute atomic E-state index is 7.24. The van der Waals surface area contributed by atoms with E-state index in [1.165, 1.54) is 97.3 Å². The van der Waals surface area contributed by atoms with Crippen LogP contribution in [-0.4, -0.2) is 22.2 Å². The number of nitrogens with zero attached hydrogens (tertiary/aromatic N) is 4. The monoisotopic (exact) mass is 1180 g/mol. The van der Waals surface area contributed by atoms with Crippen molar-refractivity contribution in [3.63, 3.8) is 0 Å². The molecule has 440 valence electrons. The van der Waals surface area contributed by atoms with E-state index in [-0.39, 0.29) is 16.2 Å². The summed E-state index contributed by atoms with van der Waals surface area (Å²) in [7, 11) is -3.01. The van der Waals surface area contributed by atoms with Crippen LogP contribution in [0.15, 0.2) is 273 Å². The molecular weight excluding hydrogens is 1110 g/mol. The Morgan fingerprint density at radius 3 is 1.48 bits per heavy atom. The van der Waals surface area contributed by atoms with Crippen LogP contribution in [-0.2, 0) is 22.9 Å². The van der Waals surface area contributed by atoms with Crippen molar-refractivity contribution < 1.29 is 4.74 Å². The molecule has 0 unspecified atom stereocenters. The van der Waals surface area contributed by atoms with Crippen LogP contribution >= 0.6 is 0 Å². The van der Waals surface area contributed by atoms with E-state index >= 15 is 0 Å². The maximum Gasteiger partial charge on any atom is 0.179 e. The molecule has 0 atom stereocenters. The van der Waals surface area contributed by atoms with Gasteiger partial charge in [-0.2, -0.15) is 0 Å². The zero-order valence-corrected chi connectivity index (χ0v) is 53.9. The Labute approximate surface area is 529 Å². The van der Waals surface area contributed by atoms with E-state index < -0.39 is 8.07 Å². The Morgan fingerprint density at radius 1 is 0.367 bits per heavy atom. The number of hydrogen-bond acceptors (Lipinski definition) is 3. The molecule has 1 aliphatic rings. The number of benzene rings is 11. The van der Waals surface area contributed by atoms with Crippen LogP contribution in [0.4, 0.5) is 11.4 Å². The molecule has 0 spiro atoms. The molecule has 0 bridgehead atoms. The Hall–Kier alpha value is -10.0. The number of aromatic nitrogens is 3. The Kier molecular flexibility index (Phi) is 13.6. The topological polar surface area (TPSA) is 35.2 Å². The molecule has 0 saturated carbocycles. The minimum Gasteiger partial charge on any atom is -0.457 e. The van der Waals surface area contributed by atoms with Gasteiger partial charge in [0.05, 0.1) is 27.8 Å². The van der Waals surface area contributed by atoms with Crippen LogP contribution in [0.1, 0.15) is 79.0 Å². The number of rotatable bonds is 9. The molecule has 15 rings (SSSR count). The van der Waals surface area contributed by atoms with Crippen LogP contribution in [0.3, 0.4) is 0 Å². The Morgan fingerprint density at radius 2 is 0.878 bits per heavy atom. The average molecular weight is 1180 g/mol. The van der Waals surface area contributed by atoms with Crippen LogP contribution in [0.5, 0.6) is 11.5 Å². The molecule has 4 heterocycles. The summed E-state index contributed by atoms with van der Waals surface area (Å²) in [4.78, 5) is 7.53. The molecule has 1 aliphatic heterocycles. The third-order valence-corrected chi connectivity index (χ3v) is 23.6. The van der Waals surface area contributed by atoms with Crippen LogP contribution < -0.4 is 30.4 Å². The molecule has 0 aliphatic carbocycles. The van der Waals surface area contributed by atoms with Crippen molar-refractivity contribution in [1.29, 1.82) is 0 Å². The first-order valence-electron chi connectivity index (χ1n) is 31.7. The number of fused-ring (bicyclic) bond motifs is 10. The van der Waals surface area contributed by atoms with Gasteiger partial charge in [0.2, 0.25) is 0 Å². The first kappa shape index (κ1) is 56.5. The van der Waals surface area contributed by atoms with Gasteiger partial charge >= 0.3 is 0 Å². The molecule has 0 fully saturated rings. The predicted molar refractivity (Wildman–Crippen MR) is 384 cm³/mol. The molecule has 0 amide bonds.